The van der Waals surface area contributed by atoms with Crippen LogP contribution in [0.15, 0.2) is 66.7 Å². The van der Waals surface area contributed by atoms with E-state index in [-0.39, 0.29) is 25.1 Å². The second-order valence-corrected chi connectivity index (χ2v) is 10.4. The highest BCUT2D eigenvalue weighted by Crippen LogP contribution is 2.30. The molecule has 0 aliphatic carbocycles. The van der Waals surface area contributed by atoms with Crippen molar-refractivity contribution in [3.05, 3.63) is 82.9 Å². The van der Waals surface area contributed by atoms with Gasteiger partial charge in [-0.15, -0.1) is 0 Å². The number of halogens is 1. The molecule has 36 heavy (non-hydrogen) atoms. The molecule has 1 unspecified atom stereocenters. The van der Waals surface area contributed by atoms with Crippen molar-refractivity contribution in [2.45, 2.75) is 19.5 Å². The van der Waals surface area contributed by atoms with E-state index in [1.165, 1.54) is 4.31 Å². The zero-order valence-electron chi connectivity index (χ0n) is 20.5. The summed E-state index contributed by atoms with van der Waals surface area (Å²) in [7, 11) is -0.423. The van der Waals surface area contributed by atoms with Crippen LogP contribution in [0.4, 0.5) is 5.69 Å². The highest BCUT2D eigenvalue weighted by Gasteiger charge is 2.18. The molecule has 0 aromatic heterocycles. The third-order valence-corrected chi connectivity index (χ3v) is 6.81. The molecule has 3 rings (SSSR count). The average Bonchev–Trinajstić information content (AvgIpc) is 2.86. The molecule has 1 amide bonds. The number of hydrogen-bond acceptors (Lipinski definition) is 6. The molecule has 192 valence electrons. The number of sulfonamides is 1. The number of methoxy groups -OCH3 is 2. The summed E-state index contributed by atoms with van der Waals surface area (Å²) in [6, 6.07) is 18.7. The Balaban J connectivity index is 1.60. The Labute approximate surface area is 216 Å². The number of hydrogen-bond donors (Lipinski definition) is 1. The van der Waals surface area contributed by atoms with Crippen LogP contribution >= 0.6 is 11.6 Å². The summed E-state index contributed by atoms with van der Waals surface area (Å²) in [5.41, 5.74) is 2.13. The Morgan fingerprint density at radius 3 is 2.19 bits per heavy atom. The van der Waals surface area contributed by atoms with Crippen LogP contribution in [-0.4, -0.2) is 41.4 Å². The maximum atomic E-state index is 12.4. The van der Waals surface area contributed by atoms with E-state index in [4.69, 9.17) is 25.8 Å². The van der Waals surface area contributed by atoms with Crippen molar-refractivity contribution in [1.82, 2.24) is 5.32 Å². The lowest BCUT2D eigenvalue weighted by Crippen LogP contribution is -2.31. The number of amides is 1. The van der Waals surface area contributed by atoms with Crippen molar-refractivity contribution >= 4 is 33.2 Å². The molecule has 0 saturated carbocycles. The number of ether oxygens (including phenoxy) is 3. The van der Waals surface area contributed by atoms with Gasteiger partial charge in [0.05, 0.1) is 38.7 Å². The van der Waals surface area contributed by atoms with Crippen LogP contribution < -0.4 is 23.8 Å². The molecule has 0 aliphatic heterocycles. The highest BCUT2D eigenvalue weighted by molar-refractivity contribution is 7.92. The number of benzene rings is 3. The Kier molecular flexibility index (Phi) is 9.06. The maximum Gasteiger partial charge on any atom is 0.258 e. The molecule has 0 bridgehead atoms. The quantitative estimate of drug-likeness (QED) is 0.388. The largest absolute Gasteiger partial charge is 0.493 e. The van der Waals surface area contributed by atoms with Gasteiger partial charge in [-0.2, -0.15) is 0 Å². The van der Waals surface area contributed by atoms with Gasteiger partial charge in [0.2, 0.25) is 10.0 Å². The molecule has 1 atom stereocenters. The van der Waals surface area contributed by atoms with Gasteiger partial charge in [-0.1, -0.05) is 29.8 Å². The normalized spacial score (nSPS) is 11.9. The first kappa shape index (κ1) is 27.2. The number of rotatable bonds is 11. The lowest BCUT2D eigenvalue weighted by molar-refractivity contribution is -0.123. The monoisotopic (exact) mass is 532 g/mol. The molecular formula is C26H29ClN2O6S. The molecule has 10 heteroatoms. The molecule has 0 heterocycles. The standard InChI is InChI=1S/C26H29ClN2O6S/c1-18(20-7-14-24(33-2)25(15-20)34-3)28-26(30)17-35-23-12-10-22(11-13-23)29(36(4,31)32)16-19-5-8-21(27)9-6-19/h5-15,18H,16-17H2,1-4H3,(H,28,30). The fourth-order valence-corrected chi connectivity index (χ4v) is 4.52. The van der Waals surface area contributed by atoms with E-state index in [1.54, 1.807) is 74.9 Å². The zero-order chi connectivity index (χ0) is 26.3. The summed E-state index contributed by atoms with van der Waals surface area (Å²) >= 11 is 5.92. The fourth-order valence-electron chi connectivity index (χ4n) is 3.50. The maximum absolute atomic E-state index is 12.4. The second-order valence-electron chi connectivity index (χ2n) is 8.08. The fraction of sp³-hybridized carbons (Fsp3) is 0.269. The minimum Gasteiger partial charge on any atom is -0.493 e. The van der Waals surface area contributed by atoms with Gasteiger partial charge >= 0.3 is 0 Å². The van der Waals surface area contributed by atoms with Crippen LogP contribution in [0, 0.1) is 0 Å². The number of nitrogens with one attached hydrogen (secondary N) is 1. The minimum absolute atomic E-state index is 0.159. The van der Waals surface area contributed by atoms with Crippen molar-refractivity contribution in [3.8, 4) is 17.2 Å². The topological polar surface area (TPSA) is 94.2 Å². The van der Waals surface area contributed by atoms with E-state index in [9.17, 15) is 13.2 Å². The first-order chi connectivity index (χ1) is 17.1. The summed E-state index contributed by atoms with van der Waals surface area (Å²) in [5, 5.41) is 3.46. The SMILES string of the molecule is COc1ccc(C(C)NC(=O)COc2ccc(N(Cc3ccc(Cl)cc3)S(C)(=O)=O)cc2)cc1OC. The molecule has 0 spiro atoms. The summed E-state index contributed by atoms with van der Waals surface area (Å²) in [4.78, 5) is 12.4. The molecule has 0 aliphatic rings. The molecule has 0 saturated heterocycles. The Bertz CT molecular complexity index is 1280. The Hall–Kier alpha value is -3.43. The van der Waals surface area contributed by atoms with Gasteiger partial charge in [-0.3, -0.25) is 9.10 Å². The van der Waals surface area contributed by atoms with Gasteiger partial charge in [-0.05, 0) is 66.6 Å². The third kappa shape index (κ3) is 7.29. The third-order valence-electron chi connectivity index (χ3n) is 5.42. The number of nitrogens with zero attached hydrogens (tertiary/aromatic N) is 1. The molecule has 1 N–H and O–H groups in total. The van der Waals surface area contributed by atoms with Crippen molar-refractivity contribution in [2.75, 3.05) is 31.4 Å². The predicted molar refractivity (Wildman–Crippen MR) is 141 cm³/mol. The Morgan fingerprint density at radius 1 is 0.972 bits per heavy atom. The van der Waals surface area contributed by atoms with Gasteiger partial charge in [0, 0.05) is 5.02 Å². The lowest BCUT2D eigenvalue weighted by atomic mass is 10.1. The summed E-state index contributed by atoms with van der Waals surface area (Å²) in [6.07, 6.45) is 1.15. The summed E-state index contributed by atoms with van der Waals surface area (Å²) in [6.45, 7) is 1.82. The Morgan fingerprint density at radius 2 is 1.61 bits per heavy atom. The van der Waals surface area contributed by atoms with Crippen LogP contribution in [0.2, 0.25) is 5.02 Å². The average molecular weight is 533 g/mol. The van der Waals surface area contributed by atoms with Crippen molar-refractivity contribution in [2.24, 2.45) is 0 Å². The van der Waals surface area contributed by atoms with Crippen molar-refractivity contribution in [3.63, 3.8) is 0 Å². The number of anilines is 1. The van der Waals surface area contributed by atoms with Gasteiger partial charge < -0.3 is 19.5 Å². The first-order valence-corrected chi connectivity index (χ1v) is 13.3. The zero-order valence-corrected chi connectivity index (χ0v) is 22.1. The van der Waals surface area contributed by atoms with Crippen LogP contribution in [0.3, 0.4) is 0 Å². The van der Waals surface area contributed by atoms with Crippen LogP contribution in [0.25, 0.3) is 0 Å². The van der Waals surface area contributed by atoms with Gasteiger partial charge in [0.1, 0.15) is 5.75 Å². The lowest BCUT2D eigenvalue weighted by Gasteiger charge is -2.23. The van der Waals surface area contributed by atoms with Gasteiger partial charge in [-0.25, -0.2) is 8.42 Å². The van der Waals surface area contributed by atoms with Gasteiger partial charge in [0.25, 0.3) is 5.91 Å². The summed E-state index contributed by atoms with van der Waals surface area (Å²) in [5.74, 6) is 1.32. The molecule has 3 aromatic rings. The van der Waals surface area contributed by atoms with E-state index >= 15 is 0 Å². The molecule has 8 nitrogen and oxygen atoms in total. The molecular weight excluding hydrogens is 504 g/mol. The highest BCUT2D eigenvalue weighted by atomic mass is 35.5. The van der Waals surface area contributed by atoms with E-state index in [1.807, 2.05) is 13.0 Å². The second kappa shape index (κ2) is 12.0. The molecule has 0 radical (unpaired) electrons. The number of carbonyl (C=O) groups is 1. The smallest absolute Gasteiger partial charge is 0.258 e. The first-order valence-electron chi connectivity index (χ1n) is 11.1. The predicted octanol–water partition coefficient (Wildman–Crippen LogP) is 4.58. The van der Waals surface area contributed by atoms with E-state index in [0.29, 0.717) is 28.0 Å². The van der Waals surface area contributed by atoms with E-state index < -0.39 is 10.0 Å². The van der Waals surface area contributed by atoms with Crippen molar-refractivity contribution in [1.29, 1.82) is 0 Å². The van der Waals surface area contributed by atoms with Crippen molar-refractivity contribution < 1.29 is 27.4 Å². The minimum atomic E-state index is -3.54. The summed E-state index contributed by atoms with van der Waals surface area (Å²) < 4.78 is 42.2. The van der Waals surface area contributed by atoms with Crippen LogP contribution in [0.5, 0.6) is 17.2 Å². The van der Waals surface area contributed by atoms with Crippen LogP contribution in [0.1, 0.15) is 24.1 Å². The van der Waals surface area contributed by atoms with E-state index in [2.05, 4.69) is 5.32 Å². The molecule has 0 fully saturated rings. The van der Waals surface area contributed by atoms with Gasteiger partial charge in [0.15, 0.2) is 18.1 Å². The van der Waals surface area contributed by atoms with Crippen LogP contribution in [-0.2, 0) is 21.4 Å². The number of carbonyl (C=O) groups excluding carboxylic acids is 1. The van der Waals surface area contributed by atoms with E-state index in [0.717, 1.165) is 17.4 Å². The molecule has 3 aromatic carbocycles.